The van der Waals surface area contributed by atoms with Crippen LogP contribution in [-0.4, -0.2) is 40.9 Å². The monoisotopic (exact) mass is 395 g/mol. The summed E-state index contributed by atoms with van der Waals surface area (Å²) in [6, 6.07) is 6.98. The van der Waals surface area contributed by atoms with Crippen LogP contribution in [0.4, 0.5) is 0 Å². The topological polar surface area (TPSA) is 92.2 Å². The minimum atomic E-state index is -3.70. The van der Waals surface area contributed by atoms with Gasteiger partial charge in [-0.25, -0.2) is 18.4 Å². The molecule has 8 heteroatoms. The number of H-pyrrole nitrogens is 1. The maximum atomic E-state index is 13.4. The number of hydrogen-bond acceptors (Lipinski definition) is 5. The Hall–Kier alpha value is -2.71. The Balaban J connectivity index is 1.78. The summed E-state index contributed by atoms with van der Waals surface area (Å²) >= 11 is 0. The number of fused-ring (bicyclic) bond motifs is 3. The lowest BCUT2D eigenvalue weighted by Crippen LogP contribution is -2.29. The van der Waals surface area contributed by atoms with E-state index < -0.39 is 9.84 Å². The highest BCUT2D eigenvalue weighted by atomic mass is 32.2. The molecule has 144 valence electrons. The standard InChI is InChI=1S/C20H21N5O2S/c1-13-4-2-6-15(8-13)28(26,27)17-11-23-20-19(17)25-16(10-22-18(25)12-24-20)14-5-3-7-21-9-14/h2,4,6,8,10-12,14,21,23H,3,5,7,9H2,1H3/t14-/m1/s1. The average molecular weight is 395 g/mol. The molecule has 0 aliphatic carbocycles. The molecular weight excluding hydrogens is 374 g/mol. The van der Waals surface area contributed by atoms with Crippen LogP contribution in [0.25, 0.3) is 16.8 Å². The lowest BCUT2D eigenvalue weighted by atomic mass is 9.96. The van der Waals surface area contributed by atoms with Crippen molar-refractivity contribution in [1.82, 2.24) is 24.7 Å². The maximum Gasteiger partial charge on any atom is 0.210 e. The van der Waals surface area contributed by atoms with Crippen molar-refractivity contribution in [2.45, 2.75) is 35.5 Å². The third kappa shape index (κ3) is 2.63. The summed E-state index contributed by atoms with van der Waals surface area (Å²) in [4.78, 5) is 12.4. The number of hydrogen-bond donors (Lipinski definition) is 2. The van der Waals surface area contributed by atoms with Crippen molar-refractivity contribution in [3.8, 4) is 0 Å². The van der Waals surface area contributed by atoms with Gasteiger partial charge in [-0.2, -0.15) is 0 Å². The van der Waals surface area contributed by atoms with Gasteiger partial charge >= 0.3 is 0 Å². The highest BCUT2D eigenvalue weighted by Crippen LogP contribution is 2.32. The fourth-order valence-corrected chi connectivity index (χ4v) is 5.55. The number of aromatic amines is 1. The lowest BCUT2D eigenvalue weighted by Gasteiger charge is -2.22. The Labute approximate surface area is 162 Å². The number of aryl methyl sites for hydroxylation is 1. The highest BCUT2D eigenvalue weighted by Gasteiger charge is 2.27. The highest BCUT2D eigenvalue weighted by molar-refractivity contribution is 7.91. The van der Waals surface area contributed by atoms with Gasteiger partial charge in [-0.1, -0.05) is 12.1 Å². The first-order valence-corrected chi connectivity index (χ1v) is 10.9. The largest absolute Gasteiger partial charge is 0.343 e. The Morgan fingerprint density at radius 1 is 1.21 bits per heavy atom. The van der Waals surface area contributed by atoms with Gasteiger partial charge < -0.3 is 10.3 Å². The molecule has 0 radical (unpaired) electrons. The van der Waals surface area contributed by atoms with Crippen molar-refractivity contribution >= 4 is 26.6 Å². The number of imidazole rings is 1. The van der Waals surface area contributed by atoms with Crippen molar-refractivity contribution in [2.75, 3.05) is 13.1 Å². The molecule has 3 aromatic heterocycles. The van der Waals surface area contributed by atoms with E-state index in [0.717, 1.165) is 37.2 Å². The van der Waals surface area contributed by atoms with Gasteiger partial charge in [0.25, 0.3) is 0 Å². The number of rotatable bonds is 3. The van der Waals surface area contributed by atoms with Gasteiger partial charge in [-0.3, -0.25) is 4.40 Å². The fourth-order valence-electron chi connectivity index (χ4n) is 4.05. The minimum absolute atomic E-state index is 0.231. The molecule has 0 saturated carbocycles. The molecule has 0 spiro atoms. The number of benzene rings is 1. The molecule has 1 aliphatic rings. The molecule has 7 nitrogen and oxygen atoms in total. The molecule has 1 saturated heterocycles. The molecular formula is C20H21N5O2S. The smallest absolute Gasteiger partial charge is 0.210 e. The van der Waals surface area contributed by atoms with Crippen LogP contribution in [-0.2, 0) is 9.84 Å². The minimum Gasteiger partial charge on any atom is -0.343 e. The van der Waals surface area contributed by atoms with Gasteiger partial charge in [-0.15, -0.1) is 0 Å². The normalized spacial score (nSPS) is 18.1. The van der Waals surface area contributed by atoms with Crippen molar-refractivity contribution in [3.63, 3.8) is 0 Å². The summed E-state index contributed by atoms with van der Waals surface area (Å²) in [5, 5.41) is 3.42. The van der Waals surface area contributed by atoms with Gasteiger partial charge in [0.15, 0.2) is 11.3 Å². The van der Waals surface area contributed by atoms with Gasteiger partial charge in [0, 0.05) is 30.6 Å². The quantitative estimate of drug-likeness (QED) is 0.556. The predicted octanol–water partition coefficient (Wildman–Crippen LogP) is 2.82. The zero-order chi connectivity index (χ0) is 19.3. The summed E-state index contributed by atoms with van der Waals surface area (Å²) in [6.07, 6.45) is 7.21. The second-order valence-corrected chi connectivity index (χ2v) is 9.27. The lowest BCUT2D eigenvalue weighted by molar-refractivity contribution is 0.453. The number of aromatic nitrogens is 4. The van der Waals surface area contributed by atoms with Crippen LogP contribution in [0.1, 0.15) is 30.0 Å². The fraction of sp³-hybridized carbons (Fsp3) is 0.300. The van der Waals surface area contributed by atoms with E-state index in [2.05, 4.69) is 20.3 Å². The first kappa shape index (κ1) is 17.4. The molecule has 2 N–H and O–H groups in total. The van der Waals surface area contributed by atoms with Crippen LogP contribution in [0.15, 0.2) is 52.6 Å². The molecule has 0 amide bonds. The predicted molar refractivity (Wildman–Crippen MR) is 106 cm³/mol. The molecule has 1 fully saturated rings. The van der Waals surface area contributed by atoms with E-state index in [9.17, 15) is 8.42 Å². The second kappa shape index (κ2) is 6.42. The van der Waals surface area contributed by atoms with E-state index in [1.54, 1.807) is 24.4 Å². The molecule has 1 aromatic carbocycles. The van der Waals surface area contributed by atoms with Crippen molar-refractivity contribution in [1.29, 1.82) is 0 Å². The van der Waals surface area contributed by atoms with E-state index in [4.69, 9.17) is 0 Å². The van der Waals surface area contributed by atoms with Gasteiger partial charge in [0.05, 0.1) is 11.1 Å². The van der Waals surface area contributed by atoms with E-state index >= 15 is 0 Å². The molecule has 0 unspecified atom stereocenters. The average Bonchev–Trinajstić information content (AvgIpc) is 3.32. The summed E-state index contributed by atoms with van der Waals surface area (Å²) in [5.41, 5.74) is 3.70. The first-order valence-electron chi connectivity index (χ1n) is 9.41. The SMILES string of the molecule is Cc1cccc(S(=O)(=O)c2c[nH]c3ncc4ncc([C@@H]5CCCNC5)n4c23)c1. The third-order valence-corrected chi connectivity index (χ3v) is 7.22. The van der Waals surface area contributed by atoms with E-state index in [-0.39, 0.29) is 9.79 Å². The zero-order valence-electron chi connectivity index (χ0n) is 15.5. The van der Waals surface area contributed by atoms with E-state index in [1.807, 2.05) is 23.6 Å². The van der Waals surface area contributed by atoms with Crippen molar-refractivity contribution in [2.24, 2.45) is 0 Å². The van der Waals surface area contributed by atoms with Gasteiger partial charge in [0.2, 0.25) is 9.84 Å². The van der Waals surface area contributed by atoms with Crippen LogP contribution in [0, 0.1) is 6.92 Å². The van der Waals surface area contributed by atoms with Crippen LogP contribution in [0.5, 0.6) is 0 Å². The van der Waals surface area contributed by atoms with Crippen LogP contribution in [0.2, 0.25) is 0 Å². The Bertz CT molecular complexity index is 1280. The summed E-state index contributed by atoms with van der Waals surface area (Å²) in [6.45, 7) is 3.77. The maximum absolute atomic E-state index is 13.4. The van der Waals surface area contributed by atoms with Gasteiger partial charge in [0.1, 0.15) is 10.4 Å². The van der Waals surface area contributed by atoms with Crippen LogP contribution < -0.4 is 5.32 Å². The van der Waals surface area contributed by atoms with Crippen molar-refractivity contribution < 1.29 is 8.42 Å². The van der Waals surface area contributed by atoms with Crippen LogP contribution in [0.3, 0.4) is 0 Å². The molecule has 5 rings (SSSR count). The first-order chi connectivity index (χ1) is 13.6. The molecule has 28 heavy (non-hydrogen) atoms. The Morgan fingerprint density at radius 3 is 2.89 bits per heavy atom. The van der Waals surface area contributed by atoms with Crippen LogP contribution >= 0.6 is 0 Å². The number of sulfone groups is 1. The second-order valence-electron chi connectivity index (χ2n) is 7.35. The van der Waals surface area contributed by atoms with E-state index in [1.165, 1.54) is 6.20 Å². The summed E-state index contributed by atoms with van der Waals surface area (Å²) in [7, 11) is -3.70. The number of nitrogens with one attached hydrogen (secondary N) is 2. The number of piperidine rings is 1. The summed E-state index contributed by atoms with van der Waals surface area (Å²) in [5.74, 6) is 0.291. The third-order valence-electron chi connectivity index (χ3n) is 5.45. The molecule has 4 heterocycles. The number of nitrogens with zero attached hydrogens (tertiary/aromatic N) is 3. The Kier molecular flexibility index (Phi) is 3.99. The molecule has 1 atom stereocenters. The van der Waals surface area contributed by atoms with Crippen molar-refractivity contribution in [3.05, 3.63) is 54.1 Å². The summed E-state index contributed by atoms with van der Waals surface area (Å²) < 4.78 is 28.8. The zero-order valence-corrected chi connectivity index (χ0v) is 16.3. The molecule has 4 aromatic rings. The molecule has 1 aliphatic heterocycles. The van der Waals surface area contributed by atoms with Gasteiger partial charge in [-0.05, 0) is 44.0 Å². The van der Waals surface area contributed by atoms with E-state index in [0.29, 0.717) is 22.7 Å². The molecule has 0 bridgehead atoms. The Morgan fingerprint density at radius 2 is 2.11 bits per heavy atom.